The standard InChI is InChI=1S/C18H29N5O2/c1-17(2,3)13-11-15(23-21-13)25-9-7-8-18(4,5)14-10-12(20-22-14)16(24)19-6/h10-11H,7-9H2,1-6H3,(H,19,24)(H,20,22)(H,21,23). The summed E-state index contributed by atoms with van der Waals surface area (Å²) in [5.41, 5.74) is 2.32. The molecule has 0 saturated heterocycles. The average molecular weight is 347 g/mol. The van der Waals surface area contributed by atoms with E-state index in [4.69, 9.17) is 4.74 Å². The quantitative estimate of drug-likeness (QED) is 0.671. The molecule has 7 nitrogen and oxygen atoms in total. The number of nitrogens with one attached hydrogen (secondary N) is 3. The van der Waals surface area contributed by atoms with Crippen LogP contribution in [0.1, 0.15) is 69.3 Å². The van der Waals surface area contributed by atoms with Gasteiger partial charge in [-0.05, 0) is 18.9 Å². The minimum atomic E-state index is -0.185. The van der Waals surface area contributed by atoms with Crippen LogP contribution in [0.2, 0.25) is 0 Å². The summed E-state index contributed by atoms with van der Waals surface area (Å²) in [6.07, 6.45) is 1.78. The van der Waals surface area contributed by atoms with Crippen molar-refractivity contribution in [1.29, 1.82) is 0 Å². The zero-order valence-corrected chi connectivity index (χ0v) is 16.0. The van der Waals surface area contributed by atoms with Gasteiger partial charge in [-0.1, -0.05) is 34.6 Å². The van der Waals surface area contributed by atoms with E-state index in [0.717, 1.165) is 24.2 Å². The highest BCUT2D eigenvalue weighted by Crippen LogP contribution is 2.28. The smallest absolute Gasteiger partial charge is 0.271 e. The zero-order valence-electron chi connectivity index (χ0n) is 16.0. The topological polar surface area (TPSA) is 95.7 Å². The van der Waals surface area contributed by atoms with E-state index in [1.54, 1.807) is 7.05 Å². The van der Waals surface area contributed by atoms with Crippen LogP contribution in [-0.2, 0) is 10.8 Å². The molecule has 0 aromatic carbocycles. The second-order valence-corrected chi connectivity index (χ2v) is 7.95. The molecular weight excluding hydrogens is 318 g/mol. The molecule has 0 spiro atoms. The highest BCUT2D eigenvalue weighted by molar-refractivity contribution is 5.92. The SMILES string of the molecule is CNC(=O)c1cc(C(C)(C)CCCOc2cc(C(C)(C)C)[nH]n2)[nH]n1. The minimum absolute atomic E-state index is 0.0275. The summed E-state index contributed by atoms with van der Waals surface area (Å²) in [6.45, 7) is 11.2. The highest BCUT2D eigenvalue weighted by atomic mass is 16.5. The van der Waals surface area contributed by atoms with Crippen LogP contribution in [0.15, 0.2) is 12.1 Å². The average Bonchev–Trinajstić information content (AvgIpc) is 3.19. The Hall–Kier alpha value is -2.31. The van der Waals surface area contributed by atoms with Crippen molar-refractivity contribution in [2.75, 3.05) is 13.7 Å². The first-order valence-corrected chi connectivity index (χ1v) is 8.60. The van der Waals surface area contributed by atoms with Gasteiger partial charge in [-0.15, -0.1) is 5.10 Å². The molecule has 138 valence electrons. The normalized spacial score (nSPS) is 12.2. The van der Waals surface area contributed by atoms with Crippen LogP contribution in [0.3, 0.4) is 0 Å². The van der Waals surface area contributed by atoms with E-state index >= 15 is 0 Å². The van der Waals surface area contributed by atoms with Crippen LogP contribution >= 0.6 is 0 Å². The fraction of sp³-hybridized carbons (Fsp3) is 0.611. The number of aromatic amines is 2. The summed E-state index contributed by atoms with van der Waals surface area (Å²) in [5, 5.41) is 16.8. The first kappa shape index (κ1) is 19.0. The van der Waals surface area contributed by atoms with Crippen LogP contribution < -0.4 is 10.1 Å². The van der Waals surface area contributed by atoms with Crippen molar-refractivity contribution in [3.63, 3.8) is 0 Å². The van der Waals surface area contributed by atoms with Crippen LogP contribution in [0.4, 0.5) is 0 Å². The molecule has 25 heavy (non-hydrogen) atoms. The van der Waals surface area contributed by atoms with Gasteiger partial charge in [0.05, 0.1) is 6.61 Å². The van der Waals surface area contributed by atoms with Gasteiger partial charge in [0.15, 0.2) is 0 Å². The maximum atomic E-state index is 11.6. The molecule has 0 atom stereocenters. The lowest BCUT2D eigenvalue weighted by molar-refractivity contribution is 0.0958. The van der Waals surface area contributed by atoms with Crippen molar-refractivity contribution in [3.05, 3.63) is 29.2 Å². The Morgan fingerprint density at radius 3 is 2.40 bits per heavy atom. The van der Waals surface area contributed by atoms with Gasteiger partial charge < -0.3 is 10.1 Å². The molecule has 0 aliphatic rings. The number of H-pyrrole nitrogens is 2. The molecule has 2 aromatic heterocycles. The number of hydrogen-bond donors (Lipinski definition) is 3. The molecule has 7 heteroatoms. The summed E-state index contributed by atoms with van der Waals surface area (Å²) < 4.78 is 5.74. The minimum Gasteiger partial charge on any atom is -0.477 e. The van der Waals surface area contributed by atoms with Crippen LogP contribution in [-0.4, -0.2) is 40.0 Å². The molecule has 0 fully saturated rings. The number of carbonyl (C=O) groups is 1. The van der Waals surface area contributed by atoms with E-state index in [1.807, 2.05) is 12.1 Å². The van der Waals surface area contributed by atoms with Crippen molar-refractivity contribution < 1.29 is 9.53 Å². The van der Waals surface area contributed by atoms with Crippen LogP contribution in [0.25, 0.3) is 0 Å². The van der Waals surface area contributed by atoms with Gasteiger partial charge in [0.1, 0.15) is 5.69 Å². The molecule has 0 unspecified atom stereocenters. The highest BCUT2D eigenvalue weighted by Gasteiger charge is 2.24. The third-order valence-corrected chi connectivity index (χ3v) is 4.33. The number of carbonyl (C=O) groups excluding carboxylic acids is 1. The summed E-state index contributed by atoms with van der Waals surface area (Å²) in [5.74, 6) is 0.445. The van der Waals surface area contributed by atoms with Gasteiger partial charge in [-0.2, -0.15) is 5.10 Å². The fourth-order valence-corrected chi connectivity index (χ4v) is 2.50. The first-order chi connectivity index (χ1) is 11.6. The number of nitrogens with zero attached hydrogens (tertiary/aromatic N) is 2. The van der Waals surface area contributed by atoms with Gasteiger partial charge in [0, 0.05) is 35.3 Å². The molecule has 2 aromatic rings. The molecule has 0 radical (unpaired) electrons. The number of rotatable bonds is 7. The predicted octanol–water partition coefficient (Wildman–Crippen LogP) is 2.93. The third-order valence-electron chi connectivity index (χ3n) is 4.33. The Kier molecular flexibility index (Phi) is 5.55. The maximum absolute atomic E-state index is 11.6. The van der Waals surface area contributed by atoms with Gasteiger partial charge in [-0.3, -0.25) is 15.0 Å². The van der Waals surface area contributed by atoms with Crippen molar-refractivity contribution in [3.8, 4) is 5.88 Å². The third kappa shape index (κ3) is 4.84. The zero-order chi connectivity index (χ0) is 18.7. The largest absolute Gasteiger partial charge is 0.477 e. The number of amides is 1. The van der Waals surface area contributed by atoms with Gasteiger partial charge in [0.25, 0.3) is 5.91 Å². The Labute approximate surface area is 148 Å². The lowest BCUT2D eigenvalue weighted by Gasteiger charge is -2.22. The summed E-state index contributed by atoms with van der Waals surface area (Å²) in [6, 6.07) is 3.76. The Bertz CT molecular complexity index is 709. The molecule has 2 heterocycles. The van der Waals surface area contributed by atoms with E-state index < -0.39 is 0 Å². The second-order valence-electron chi connectivity index (χ2n) is 7.95. The van der Waals surface area contributed by atoms with Crippen molar-refractivity contribution in [2.45, 2.75) is 58.3 Å². The predicted molar refractivity (Wildman–Crippen MR) is 97.0 cm³/mol. The van der Waals surface area contributed by atoms with Gasteiger partial charge >= 0.3 is 0 Å². The molecule has 2 rings (SSSR count). The molecule has 0 aliphatic heterocycles. The summed E-state index contributed by atoms with van der Waals surface area (Å²) >= 11 is 0. The Morgan fingerprint density at radius 2 is 1.80 bits per heavy atom. The van der Waals surface area contributed by atoms with E-state index in [1.165, 1.54) is 0 Å². The van der Waals surface area contributed by atoms with Gasteiger partial charge in [-0.25, -0.2) is 0 Å². The van der Waals surface area contributed by atoms with E-state index in [-0.39, 0.29) is 16.7 Å². The monoisotopic (exact) mass is 347 g/mol. The lowest BCUT2D eigenvalue weighted by Crippen LogP contribution is -2.19. The maximum Gasteiger partial charge on any atom is 0.271 e. The number of aromatic nitrogens is 4. The van der Waals surface area contributed by atoms with Crippen LogP contribution in [0.5, 0.6) is 5.88 Å². The summed E-state index contributed by atoms with van der Waals surface area (Å²) in [7, 11) is 1.60. The van der Waals surface area contributed by atoms with E-state index in [0.29, 0.717) is 18.2 Å². The van der Waals surface area contributed by atoms with E-state index in [2.05, 4.69) is 60.3 Å². The van der Waals surface area contributed by atoms with Gasteiger partial charge in [0.2, 0.25) is 5.88 Å². The van der Waals surface area contributed by atoms with Crippen molar-refractivity contribution in [1.82, 2.24) is 25.7 Å². The van der Waals surface area contributed by atoms with Crippen molar-refractivity contribution >= 4 is 5.91 Å². The second kappa shape index (κ2) is 7.29. The molecule has 0 saturated carbocycles. The first-order valence-electron chi connectivity index (χ1n) is 8.60. The van der Waals surface area contributed by atoms with Crippen LogP contribution in [0, 0.1) is 0 Å². The van der Waals surface area contributed by atoms with Crippen molar-refractivity contribution in [2.24, 2.45) is 0 Å². The molecule has 3 N–H and O–H groups in total. The Morgan fingerprint density at radius 1 is 1.12 bits per heavy atom. The fourth-order valence-electron chi connectivity index (χ4n) is 2.50. The molecule has 0 bridgehead atoms. The van der Waals surface area contributed by atoms with E-state index in [9.17, 15) is 4.79 Å². The number of ether oxygens (including phenoxy) is 1. The molecule has 1 amide bonds. The molecular formula is C18H29N5O2. The Balaban J connectivity index is 1.85. The number of hydrogen-bond acceptors (Lipinski definition) is 4. The summed E-state index contributed by atoms with van der Waals surface area (Å²) in [4.78, 5) is 11.6. The molecule has 0 aliphatic carbocycles. The lowest BCUT2D eigenvalue weighted by atomic mass is 9.84.